The number of hydrogen-bond acceptors (Lipinski definition) is 4. The highest BCUT2D eigenvalue weighted by Crippen LogP contribution is 2.21. The van der Waals surface area contributed by atoms with E-state index >= 15 is 0 Å². The molecule has 1 atom stereocenters. The van der Waals surface area contributed by atoms with Crippen molar-refractivity contribution in [1.82, 2.24) is 9.78 Å². The standard InChI is InChI=1S/C13H22N2O3/c1-4-8-18-13(17)7-6-12(16)10-9-15(3)14-11(10)5-2/h9,12,16H,4-8H2,1-3H3. The van der Waals surface area contributed by atoms with Crippen molar-refractivity contribution in [1.29, 1.82) is 0 Å². The predicted molar refractivity (Wildman–Crippen MR) is 68.0 cm³/mol. The lowest BCUT2D eigenvalue weighted by Crippen LogP contribution is -2.08. The van der Waals surface area contributed by atoms with Crippen molar-refractivity contribution in [2.24, 2.45) is 7.05 Å². The van der Waals surface area contributed by atoms with Crippen LogP contribution in [-0.4, -0.2) is 27.5 Å². The molecule has 1 unspecified atom stereocenters. The van der Waals surface area contributed by atoms with Crippen LogP contribution in [0.2, 0.25) is 0 Å². The number of esters is 1. The van der Waals surface area contributed by atoms with E-state index in [1.165, 1.54) is 0 Å². The van der Waals surface area contributed by atoms with Crippen LogP contribution in [0.25, 0.3) is 0 Å². The quantitative estimate of drug-likeness (QED) is 0.753. The maximum atomic E-state index is 11.3. The van der Waals surface area contributed by atoms with E-state index in [2.05, 4.69) is 5.10 Å². The summed E-state index contributed by atoms with van der Waals surface area (Å²) in [5, 5.41) is 14.3. The first-order chi connectivity index (χ1) is 8.58. The second-order valence-corrected chi connectivity index (χ2v) is 4.33. The Morgan fingerprint density at radius 1 is 1.56 bits per heavy atom. The van der Waals surface area contributed by atoms with E-state index in [0.29, 0.717) is 13.0 Å². The molecule has 0 saturated heterocycles. The molecule has 1 rings (SSSR count). The lowest BCUT2D eigenvalue weighted by Gasteiger charge is -2.09. The van der Waals surface area contributed by atoms with E-state index < -0.39 is 6.10 Å². The predicted octanol–water partition coefficient (Wildman–Crippen LogP) is 1.75. The number of carbonyl (C=O) groups is 1. The minimum absolute atomic E-state index is 0.235. The van der Waals surface area contributed by atoms with E-state index in [0.717, 1.165) is 24.1 Å². The van der Waals surface area contributed by atoms with E-state index in [1.54, 1.807) is 10.9 Å². The van der Waals surface area contributed by atoms with Crippen LogP contribution in [0.4, 0.5) is 0 Å². The molecule has 1 N–H and O–H groups in total. The zero-order valence-corrected chi connectivity index (χ0v) is 11.3. The number of aryl methyl sites for hydroxylation is 2. The molecule has 1 heterocycles. The highest BCUT2D eigenvalue weighted by molar-refractivity contribution is 5.69. The Kier molecular flexibility index (Phi) is 5.85. The van der Waals surface area contributed by atoms with Gasteiger partial charge in [-0.2, -0.15) is 5.10 Å². The third-order valence-corrected chi connectivity index (χ3v) is 2.72. The normalized spacial score (nSPS) is 12.4. The van der Waals surface area contributed by atoms with Crippen molar-refractivity contribution in [2.45, 2.75) is 45.6 Å². The lowest BCUT2D eigenvalue weighted by atomic mass is 10.0. The number of hydrogen-bond donors (Lipinski definition) is 1. The van der Waals surface area contributed by atoms with Crippen LogP contribution in [0.3, 0.4) is 0 Å². The molecule has 0 aliphatic carbocycles. The molecule has 0 amide bonds. The van der Waals surface area contributed by atoms with Gasteiger partial charge in [0, 0.05) is 25.2 Å². The van der Waals surface area contributed by atoms with Gasteiger partial charge in [-0.15, -0.1) is 0 Å². The molecule has 0 radical (unpaired) electrons. The second kappa shape index (κ2) is 7.16. The monoisotopic (exact) mass is 254 g/mol. The zero-order chi connectivity index (χ0) is 13.5. The van der Waals surface area contributed by atoms with Crippen LogP contribution < -0.4 is 0 Å². The van der Waals surface area contributed by atoms with E-state index in [9.17, 15) is 9.90 Å². The van der Waals surface area contributed by atoms with Gasteiger partial charge in [-0.3, -0.25) is 9.48 Å². The van der Waals surface area contributed by atoms with Crippen molar-refractivity contribution in [3.05, 3.63) is 17.5 Å². The van der Waals surface area contributed by atoms with Crippen LogP contribution in [-0.2, 0) is 23.0 Å². The third-order valence-electron chi connectivity index (χ3n) is 2.72. The molecule has 5 nitrogen and oxygen atoms in total. The largest absolute Gasteiger partial charge is 0.466 e. The summed E-state index contributed by atoms with van der Waals surface area (Å²) in [4.78, 5) is 11.3. The number of carbonyl (C=O) groups excluding carboxylic acids is 1. The molecule has 0 aromatic carbocycles. The minimum Gasteiger partial charge on any atom is -0.466 e. The Hall–Kier alpha value is -1.36. The SMILES string of the molecule is CCCOC(=O)CCC(O)c1cn(C)nc1CC. The molecule has 102 valence electrons. The Morgan fingerprint density at radius 2 is 2.28 bits per heavy atom. The Morgan fingerprint density at radius 3 is 2.89 bits per heavy atom. The summed E-state index contributed by atoms with van der Waals surface area (Å²) in [7, 11) is 1.82. The summed E-state index contributed by atoms with van der Waals surface area (Å²) in [6, 6.07) is 0. The van der Waals surface area contributed by atoms with Crippen molar-refractivity contribution >= 4 is 5.97 Å². The fraction of sp³-hybridized carbons (Fsp3) is 0.692. The molecule has 1 aromatic rings. The lowest BCUT2D eigenvalue weighted by molar-refractivity contribution is -0.144. The summed E-state index contributed by atoms with van der Waals surface area (Å²) >= 11 is 0. The Balaban J connectivity index is 2.49. The first kappa shape index (κ1) is 14.7. The number of aliphatic hydroxyl groups is 1. The van der Waals surface area contributed by atoms with Crippen molar-refractivity contribution in [2.75, 3.05) is 6.61 Å². The number of aliphatic hydroxyl groups excluding tert-OH is 1. The highest BCUT2D eigenvalue weighted by Gasteiger charge is 2.16. The summed E-state index contributed by atoms with van der Waals surface area (Å²) in [5.41, 5.74) is 1.69. The maximum absolute atomic E-state index is 11.3. The van der Waals surface area contributed by atoms with Crippen LogP contribution in [0.15, 0.2) is 6.20 Å². The minimum atomic E-state index is -0.650. The van der Waals surface area contributed by atoms with Crippen LogP contribution in [0.5, 0.6) is 0 Å². The average Bonchev–Trinajstić information content (AvgIpc) is 2.74. The van der Waals surface area contributed by atoms with Gasteiger partial charge in [0.15, 0.2) is 0 Å². The molecule has 5 heteroatoms. The Labute approximate surface area is 108 Å². The van der Waals surface area contributed by atoms with Gasteiger partial charge in [0.05, 0.1) is 18.4 Å². The fourth-order valence-electron chi connectivity index (χ4n) is 1.80. The van der Waals surface area contributed by atoms with Crippen LogP contribution >= 0.6 is 0 Å². The van der Waals surface area contributed by atoms with Crippen LogP contribution in [0, 0.1) is 0 Å². The zero-order valence-electron chi connectivity index (χ0n) is 11.3. The third kappa shape index (κ3) is 4.14. The van der Waals surface area contributed by atoms with Crippen LogP contribution in [0.1, 0.15) is 50.5 Å². The highest BCUT2D eigenvalue weighted by atomic mass is 16.5. The average molecular weight is 254 g/mol. The van der Waals surface area contributed by atoms with Gasteiger partial charge in [-0.05, 0) is 19.3 Å². The summed E-state index contributed by atoms with van der Waals surface area (Å²) in [5.74, 6) is -0.252. The summed E-state index contributed by atoms with van der Waals surface area (Å²) in [6.07, 6.45) is 3.36. The second-order valence-electron chi connectivity index (χ2n) is 4.33. The molecule has 0 saturated carbocycles. The van der Waals surface area contributed by atoms with Gasteiger partial charge in [0.1, 0.15) is 0 Å². The maximum Gasteiger partial charge on any atom is 0.305 e. The topological polar surface area (TPSA) is 64.3 Å². The van der Waals surface area contributed by atoms with Gasteiger partial charge in [0.25, 0.3) is 0 Å². The van der Waals surface area contributed by atoms with Crippen molar-refractivity contribution in [3.8, 4) is 0 Å². The molecule has 1 aromatic heterocycles. The van der Waals surface area contributed by atoms with E-state index in [1.807, 2.05) is 20.9 Å². The van der Waals surface area contributed by atoms with Gasteiger partial charge in [-0.25, -0.2) is 0 Å². The first-order valence-corrected chi connectivity index (χ1v) is 6.44. The molecular formula is C13H22N2O3. The molecule has 0 fully saturated rings. The van der Waals surface area contributed by atoms with Gasteiger partial charge in [-0.1, -0.05) is 13.8 Å². The molecule has 0 aliphatic rings. The smallest absolute Gasteiger partial charge is 0.305 e. The van der Waals surface area contributed by atoms with Gasteiger partial charge >= 0.3 is 5.97 Å². The molecular weight excluding hydrogens is 232 g/mol. The molecule has 0 bridgehead atoms. The number of nitrogens with zero attached hydrogens (tertiary/aromatic N) is 2. The van der Waals surface area contributed by atoms with Gasteiger partial charge in [0.2, 0.25) is 0 Å². The molecule has 0 spiro atoms. The van der Waals surface area contributed by atoms with E-state index in [-0.39, 0.29) is 12.4 Å². The van der Waals surface area contributed by atoms with Gasteiger partial charge < -0.3 is 9.84 Å². The summed E-state index contributed by atoms with van der Waals surface area (Å²) in [6.45, 7) is 4.39. The molecule has 0 aliphatic heterocycles. The molecule has 18 heavy (non-hydrogen) atoms. The van der Waals surface area contributed by atoms with Crippen molar-refractivity contribution in [3.63, 3.8) is 0 Å². The van der Waals surface area contributed by atoms with Crippen molar-refractivity contribution < 1.29 is 14.6 Å². The number of rotatable bonds is 7. The number of ether oxygens (including phenoxy) is 1. The van der Waals surface area contributed by atoms with E-state index in [4.69, 9.17) is 4.74 Å². The number of aromatic nitrogens is 2. The Bertz CT molecular complexity index is 388. The summed E-state index contributed by atoms with van der Waals surface area (Å²) < 4.78 is 6.66. The fourth-order valence-corrected chi connectivity index (χ4v) is 1.80. The first-order valence-electron chi connectivity index (χ1n) is 6.44.